The monoisotopic (exact) mass is 308 g/mol. The largest absolute Gasteiger partial charge is 0.477 e. The zero-order valence-electron chi connectivity index (χ0n) is 12.8. The molecule has 0 fully saturated rings. The van der Waals surface area contributed by atoms with Crippen molar-refractivity contribution in [3.63, 3.8) is 0 Å². The van der Waals surface area contributed by atoms with E-state index in [1.807, 2.05) is 0 Å². The van der Waals surface area contributed by atoms with E-state index in [0.717, 1.165) is 16.6 Å². The van der Waals surface area contributed by atoms with Crippen molar-refractivity contribution in [2.45, 2.75) is 52.4 Å². The molecule has 2 aromatic rings. The minimum absolute atomic E-state index is 0.405. The first-order valence-electron chi connectivity index (χ1n) is 7.62. The Kier molecular flexibility index (Phi) is 6.20. The third-order valence-electron chi connectivity index (χ3n) is 3.35. The predicted molar refractivity (Wildman–Crippen MR) is 88.8 cm³/mol. The highest BCUT2D eigenvalue weighted by Gasteiger charge is 2.11. The van der Waals surface area contributed by atoms with Crippen LogP contribution in [0.2, 0.25) is 0 Å². The fraction of sp³-hybridized carbons (Fsp3) is 0.600. The van der Waals surface area contributed by atoms with Crippen LogP contribution in [-0.4, -0.2) is 16.6 Å². The van der Waals surface area contributed by atoms with Gasteiger partial charge in [0.05, 0.1) is 12.0 Å². The van der Waals surface area contributed by atoms with Gasteiger partial charge in [-0.25, -0.2) is 10.8 Å². The maximum absolute atomic E-state index is 5.84. The second-order valence-electron chi connectivity index (χ2n) is 5.19. The lowest BCUT2D eigenvalue weighted by atomic mass is 10.1. The van der Waals surface area contributed by atoms with Crippen LogP contribution in [-0.2, 0) is 0 Å². The molecular weight excluding hydrogens is 284 g/mol. The first-order chi connectivity index (χ1) is 10.2. The van der Waals surface area contributed by atoms with Crippen LogP contribution in [0.5, 0.6) is 5.88 Å². The number of thiophene rings is 1. The van der Waals surface area contributed by atoms with Crippen molar-refractivity contribution in [2.24, 2.45) is 5.84 Å². The summed E-state index contributed by atoms with van der Waals surface area (Å²) in [6.07, 6.45) is 7.47. The standard InChI is InChI=1S/C15H24N4OS/c1-3-4-5-6-7-8-9-20-13-12-10-11(2)21-14(12)18-15(17-13)19-16/h10H,3-9,16H2,1-2H3,(H,17,18,19). The molecule has 5 nitrogen and oxygen atoms in total. The number of nitrogens with one attached hydrogen (secondary N) is 1. The van der Waals surface area contributed by atoms with Gasteiger partial charge in [0.25, 0.3) is 0 Å². The van der Waals surface area contributed by atoms with Crippen LogP contribution in [0.3, 0.4) is 0 Å². The molecule has 3 N–H and O–H groups in total. The number of nitrogen functional groups attached to an aromatic ring is 1. The normalized spacial score (nSPS) is 11.0. The summed E-state index contributed by atoms with van der Waals surface area (Å²) >= 11 is 1.62. The number of rotatable bonds is 9. The number of hydrazine groups is 1. The molecule has 0 saturated carbocycles. The van der Waals surface area contributed by atoms with Gasteiger partial charge in [-0.05, 0) is 19.4 Å². The first kappa shape index (κ1) is 16.0. The number of anilines is 1. The molecule has 21 heavy (non-hydrogen) atoms. The van der Waals surface area contributed by atoms with Gasteiger partial charge in [0, 0.05) is 4.88 Å². The third kappa shape index (κ3) is 4.54. The fourth-order valence-electron chi connectivity index (χ4n) is 2.24. The van der Waals surface area contributed by atoms with E-state index in [1.54, 1.807) is 11.3 Å². The van der Waals surface area contributed by atoms with E-state index in [2.05, 4.69) is 35.3 Å². The molecule has 2 heterocycles. The van der Waals surface area contributed by atoms with E-state index >= 15 is 0 Å². The van der Waals surface area contributed by atoms with Gasteiger partial charge in [-0.2, -0.15) is 4.98 Å². The Morgan fingerprint density at radius 2 is 1.95 bits per heavy atom. The maximum Gasteiger partial charge on any atom is 0.241 e. The molecule has 0 aromatic carbocycles. The van der Waals surface area contributed by atoms with Gasteiger partial charge in [-0.15, -0.1) is 11.3 Å². The Morgan fingerprint density at radius 3 is 2.71 bits per heavy atom. The molecular formula is C15H24N4OS. The maximum atomic E-state index is 5.84. The Hall–Kier alpha value is -1.40. The van der Waals surface area contributed by atoms with Gasteiger partial charge in [0.1, 0.15) is 4.83 Å². The van der Waals surface area contributed by atoms with Gasteiger partial charge in [-0.3, -0.25) is 5.43 Å². The number of aryl methyl sites for hydroxylation is 1. The van der Waals surface area contributed by atoms with E-state index in [4.69, 9.17) is 10.6 Å². The summed E-state index contributed by atoms with van der Waals surface area (Å²) in [6, 6.07) is 2.07. The lowest BCUT2D eigenvalue weighted by Gasteiger charge is -2.08. The van der Waals surface area contributed by atoms with Crippen molar-refractivity contribution < 1.29 is 4.74 Å². The fourth-order valence-corrected chi connectivity index (χ4v) is 3.11. The van der Waals surface area contributed by atoms with Gasteiger partial charge in [0.15, 0.2) is 0 Å². The van der Waals surface area contributed by atoms with Crippen molar-refractivity contribution in [2.75, 3.05) is 12.0 Å². The van der Waals surface area contributed by atoms with Crippen LogP contribution < -0.4 is 16.0 Å². The zero-order valence-corrected chi connectivity index (χ0v) is 13.6. The Balaban J connectivity index is 1.91. The van der Waals surface area contributed by atoms with Crippen LogP contribution in [0.15, 0.2) is 6.07 Å². The molecule has 0 bridgehead atoms. The molecule has 0 aliphatic carbocycles. The Morgan fingerprint density at radius 1 is 1.19 bits per heavy atom. The lowest BCUT2D eigenvalue weighted by molar-refractivity contribution is 0.297. The highest BCUT2D eigenvalue weighted by atomic mass is 32.1. The van der Waals surface area contributed by atoms with Crippen molar-refractivity contribution in [1.29, 1.82) is 0 Å². The van der Waals surface area contributed by atoms with Crippen molar-refractivity contribution in [3.8, 4) is 5.88 Å². The number of fused-ring (bicyclic) bond motifs is 1. The van der Waals surface area contributed by atoms with E-state index in [9.17, 15) is 0 Å². The summed E-state index contributed by atoms with van der Waals surface area (Å²) in [5, 5.41) is 0.975. The van der Waals surface area contributed by atoms with Gasteiger partial charge >= 0.3 is 0 Å². The van der Waals surface area contributed by atoms with Crippen LogP contribution >= 0.6 is 11.3 Å². The molecule has 6 heteroatoms. The lowest BCUT2D eigenvalue weighted by Crippen LogP contribution is -2.11. The SMILES string of the molecule is CCCCCCCCOc1nc(NN)nc2sc(C)cc12. The van der Waals surface area contributed by atoms with Gasteiger partial charge < -0.3 is 4.74 Å². The Labute approximate surface area is 129 Å². The molecule has 0 spiro atoms. The van der Waals surface area contributed by atoms with E-state index in [0.29, 0.717) is 18.4 Å². The number of hydrogen-bond donors (Lipinski definition) is 2. The molecule has 2 rings (SSSR count). The highest BCUT2D eigenvalue weighted by Crippen LogP contribution is 2.30. The first-order valence-corrected chi connectivity index (χ1v) is 8.44. The molecule has 0 atom stereocenters. The summed E-state index contributed by atoms with van der Waals surface area (Å²) < 4.78 is 5.84. The number of ether oxygens (including phenoxy) is 1. The van der Waals surface area contributed by atoms with Crippen LogP contribution in [0, 0.1) is 6.92 Å². The molecule has 0 radical (unpaired) electrons. The molecule has 0 saturated heterocycles. The van der Waals surface area contributed by atoms with E-state index < -0.39 is 0 Å². The smallest absolute Gasteiger partial charge is 0.241 e. The molecule has 0 aliphatic heterocycles. The number of hydrogen-bond acceptors (Lipinski definition) is 6. The number of unbranched alkanes of at least 4 members (excludes halogenated alkanes) is 5. The van der Waals surface area contributed by atoms with Crippen molar-refractivity contribution >= 4 is 27.5 Å². The number of nitrogens with zero attached hydrogens (tertiary/aromatic N) is 2. The predicted octanol–water partition coefficient (Wildman–Crippen LogP) is 4.02. The van der Waals surface area contributed by atoms with Crippen molar-refractivity contribution in [1.82, 2.24) is 9.97 Å². The van der Waals surface area contributed by atoms with E-state index in [-0.39, 0.29) is 0 Å². The highest BCUT2D eigenvalue weighted by molar-refractivity contribution is 7.18. The van der Waals surface area contributed by atoms with Crippen molar-refractivity contribution in [3.05, 3.63) is 10.9 Å². The van der Waals surface area contributed by atoms with Crippen LogP contribution in [0.4, 0.5) is 5.95 Å². The second-order valence-corrected chi connectivity index (χ2v) is 6.42. The summed E-state index contributed by atoms with van der Waals surface area (Å²) in [5.74, 6) is 6.45. The quantitative estimate of drug-likeness (QED) is 0.416. The molecule has 0 amide bonds. The minimum Gasteiger partial charge on any atom is -0.477 e. The summed E-state index contributed by atoms with van der Waals surface area (Å²) in [7, 11) is 0. The van der Waals surface area contributed by atoms with E-state index in [1.165, 1.54) is 37.0 Å². The number of nitrogens with two attached hydrogens (primary N) is 1. The van der Waals surface area contributed by atoms with Crippen LogP contribution in [0.25, 0.3) is 10.2 Å². The average Bonchev–Trinajstić information content (AvgIpc) is 2.86. The molecule has 2 aromatic heterocycles. The van der Waals surface area contributed by atoms with Gasteiger partial charge in [0.2, 0.25) is 11.8 Å². The topological polar surface area (TPSA) is 73.1 Å². The zero-order chi connectivity index (χ0) is 15.1. The number of aromatic nitrogens is 2. The average molecular weight is 308 g/mol. The minimum atomic E-state index is 0.405. The van der Waals surface area contributed by atoms with Gasteiger partial charge in [-0.1, -0.05) is 39.0 Å². The summed E-state index contributed by atoms with van der Waals surface area (Å²) in [4.78, 5) is 10.8. The second kappa shape index (κ2) is 8.14. The molecule has 0 unspecified atom stereocenters. The molecule has 0 aliphatic rings. The summed E-state index contributed by atoms with van der Waals surface area (Å²) in [6.45, 7) is 4.98. The molecule has 116 valence electrons. The van der Waals surface area contributed by atoms with Crippen LogP contribution in [0.1, 0.15) is 50.3 Å². The third-order valence-corrected chi connectivity index (χ3v) is 4.29. The summed E-state index contributed by atoms with van der Waals surface area (Å²) in [5.41, 5.74) is 2.50. The Bertz CT molecular complexity index is 570.